The lowest BCUT2D eigenvalue weighted by molar-refractivity contribution is 0.114. The summed E-state index contributed by atoms with van der Waals surface area (Å²) >= 11 is 0. The minimum atomic E-state index is 0.448. The largest absolute Gasteiger partial charge is 0.419 e. The summed E-state index contributed by atoms with van der Waals surface area (Å²) in [6, 6.07) is 9.90. The van der Waals surface area contributed by atoms with E-state index in [1.54, 1.807) is 0 Å². The minimum absolute atomic E-state index is 0.448. The van der Waals surface area contributed by atoms with E-state index in [2.05, 4.69) is 44.1 Å². The van der Waals surface area contributed by atoms with E-state index in [9.17, 15) is 0 Å². The summed E-state index contributed by atoms with van der Waals surface area (Å²) in [5.41, 5.74) is 6.14. The predicted octanol–water partition coefficient (Wildman–Crippen LogP) is 3.37. The Hall–Kier alpha value is -3.30. The zero-order valence-corrected chi connectivity index (χ0v) is 19.6. The Kier molecular flexibility index (Phi) is 5.82. The summed E-state index contributed by atoms with van der Waals surface area (Å²) in [5, 5.41) is 17.4. The highest BCUT2D eigenvalue weighted by Gasteiger charge is 2.24. The van der Waals surface area contributed by atoms with Gasteiger partial charge in [0.05, 0.1) is 12.2 Å². The van der Waals surface area contributed by atoms with Gasteiger partial charge in [-0.15, -0.1) is 10.2 Å². The first-order chi connectivity index (χ1) is 16.0. The molecular formula is C24H29N7O2. The Morgan fingerprint density at radius 1 is 0.909 bits per heavy atom. The Morgan fingerprint density at radius 3 is 2.27 bits per heavy atom. The van der Waals surface area contributed by atoms with E-state index < -0.39 is 0 Å². The highest BCUT2D eigenvalue weighted by molar-refractivity contribution is 5.77. The lowest BCUT2D eigenvalue weighted by Gasteiger charge is -2.34. The standard InChI is InChI=1S/C24H29N7O2/c1-16-20(17(2)29(4)27-16)14-30-10-12-31(13-11-30)15-21-25-26-24(32-21)22-18(3)33-28-23(22)19-8-6-5-7-9-19/h5-9H,10-15H2,1-4H3. The molecular weight excluding hydrogens is 418 g/mol. The maximum atomic E-state index is 6.04. The molecule has 0 atom stereocenters. The van der Waals surface area contributed by atoms with Crippen molar-refractivity contribution in [1.29, 1.82) is 0 Å². The number of rotatable bonds is 6. The number of aryl methyl sites for hydroxylation is 3. The molecule has 5 rings (SSSR count). The highest BCUT2D eigenvalue weighted by atomic mass is 16.5. The second-order valence-corrected chi connectivity index (χ2v) is 8.65. The van der Waals surface area contributed by atoms with Gasteiger partial charge >= 0.3 is 0 Å². The normalized spacial score (nSPS) is 15.4. The van der Waals surface area contributed by atoms with Gasteiger partial charge < -0.3 is 8.94 Å². The van der Waals surface area contributed by atoms with Crippen molar-refractivity contribution in [2.75, 3.05) is 26.2 Å². The van der Waals surface area contributed by atoms with E-state index in [0.717, 1.165) is 55.2 Å². The van der Waals surface area contributed by atoms with Gasteiger partial charge in [-0.1, -0.05) is 35.5 Å². The van der Waals surface area contributed by atoms with Crippen LogP contribution >= 0.6 is 0 Å². The van der Waals surface area contributed by atoms with Crippen LogP contribution in [0.3, 0.4) is 0 Å². The van der Waals surface area contributed by atoms with Gasteiger partial charge in [0.25, 0.3) is 5.89 Å². The van der Waals surface area contributed by atoms with Crippen LogP contribution in [0.2, 0.25) is 0 Å². The van der Waals surface area contributed by atoms with Gasteiger partial charge in [0.2, 0.25) is 5.89 Å². The van der Waals surface area contributed by atoms with Crippen molar-refractivity contribution in [2.45, 2.75) is 33.9 Å². The van der Waals surface area contributed by atoms with Gasteiger partial charge in [0.1, 0.15) is 17.0 Å². The summed E-state index contributed by atoms with van der Waals surface area (Å²) in [6.45, 7) is 11.6. The maximum Gasteiger partial charge on any atom is 0.253 e. The molecule has 33 heavy (non-hydrogen) atoms. The van der Waals surface area contributed by atoms with Crippen LogP contribution in [0, 0.1) is 20.8 Å². The molecule has 0 N–H and O–H groups in total. The second-order valence-electron chi connectivity index (χ2n) is 8.65. The number of nitrogens with zero attached hydrogens (tertiary/aromatic N) is 7. The second kappa shape index (κ2) is 8.92. The molecule has 0 radical (unpaired) electrons. The molecule has 172 valence electrons. The maximum absolute atomic E-state index is 6.04. The van der Waals surface area contributed by atoms with Gasteiger partial charge in [-0.05, 0) is 20.8 Å². The summed E-state index contributed by atoms with van der Waals surface area (Å²) in [5.74, 6) is 1.72. The first kappa shape index (κ1) is 21.5. The third-order valence-electron chi connectivity index (χ3n) is 6.46. The monoisotopic (exact) mass is 447 g/mol. The Bertz CT molecular complexity index is 1230. The number of piperazine rings is 1. The van der Waals surface area contributed by atoms with Crippen LogP contribution in [-0.4, -0.2) is 61.1 Å². The average molecular weight is 448 g/mol. The molecule has 0 amide bonds. The van der Waals surface area contributed by atoms with Crippen molar-refractivity contribution in [2.24, 2.45) is 7.05 Å². The summed E-state index contributed by atoms with van der Waals surface area (Å²) < 4.78 is 13.5. The first-order valence-electron chi connectivity index (χ1n) is 11.3. The quantitative estimate of drug-likeness (QED) is 0.444. The van der Waals surface area contributed by atoms with Crippen LogP contribution in [0.25, 0.3) is 22.7 Å². The van der Waals surface area contributed by atoms with Crippen molar-refractivity contribution in [1.82, 2.24) is 34.9 Å². The number of hydrogen-bond donors (Lipinski definition) is 0. The smallest absolute Gasteiger partial charge is 0.253 e. The van der Waals surface area contributed by atoms with Crippen molar-refractivity contribution >= 4 is 0 Å². The topological polar surface area (TPSA) is 89.3 Å². The average Bonchev–Trinajstić information content (AvgIpc) is 3.50. The lowest BCUT2D eigenvalue weighted by Crippen LogP contribution is -2.45. The molecule has 0 unspecified atom stereocenters. The molecule has 1 aromatic carbocycles. The van der Waals surface area contributed by atoms with Gasteiger partial charge in [-0.2, -0.15) is 5.10 Å². The highest BCUT2D eigenvalue weighted by Crippen LogP contribution is 2.33. The van der Waals surface area contributed by atoms with Crippen LogP contribution in [0.1, 0.15) is 28.6 Å². The van der Waals surface area contributed by atoms with E-state index in [4.69, 9.17) is 8.94 Å². The number of hydrogen-bond acceptors (Lipinski definition) is 8. The summed E-state index contributed by atoms with van der Waals surface area (Å²) in [4.78, 5) is 4.84. The van der Waals surface area contributed by atoms with Crippen LogP contribution in [0.15, 0.2) is 39.3 Å². The molecule has 4 aromatic rings. The van der Waals surface area contributed by atoms with E-state index >= 15 is 0 Å². The summed E-state index contributed by atoms with van der Waals surface area (Å²) in [6.07, 6.45) is 0. The SMILES string of the molecule is Cc1nn(C)c(C)c1CN1CCN(Cc2nnc(-c3c(-c4ccccc4)noc3C)o2)CC1. The molecule has 0 saturated carbocycles. The van der Waals surface area contributed by atoms with Crippen LogP contribution < -0.4 is 0 Å². The molecule has 1 aliphatic heterocycles. The Labute approximate surface area is 193 Å². The van der Waals surface area contributed by atoms with Crippen molar-refractivity contribution in [3.05, 3.63) is 58.9 Å². The third kappa shape index (κ3) is 4.34. The molecule has 0 aliphatic carbocycles. The van der Waals surface area contributed by atoms with Gasteiger partial charge in [-0.25, -0.2) is 0 Å². The van der Waals surface area contributed by atoms with Crippen LogP contribution in [-0.2, 0) is 20.1 Å². The van der Waals surface area contributed by atoms with E-state index in [1.807, 2.05) is 49.0 Å². The number of benzene rings is 1. The molecule has 1 saturated heterocycles. The molecule has 9 nitrogen and oxygen atoms in total. The van der Waals surface area contributed by atoms with Crippen LogP contribution in [0.4, 0.5) is 0 Å². The zero-order valence-electron chi connectivity index (χ0n) is 19.6. The fraction of sp³-hybridized carbons (Fsp3) is 0.417. The predicted molar refractivity (Wildman–Crippen MR) is 123 cm³/mol. The molecule has 9 heteroatoms. The molecule has 0 spiro atoms. The molecule has 1 aliphatic rings. The zero-order chi connectivity index (χ0) is 22.9. The minimum Gasteiger partial charge on any atom is -0.419 e. The molecule has 0 bridgehead atoms. The van der Waals surface area contributed by atoms with Crippen molar-refractivity contribution < 1.29 is 8.94 Å². The molecule has 4 heterocycles. The van der Waals surface area contributed by atoms with Crippen molar-refractivity contribution in [3.8, 4) is 22.7 Å². The summed E-state index contributed by atoms with van der Waals surface area (Å²) in [7, 11) is 2.01. The Morgan fingerprint density at radius 2 is 1.61 bits per heavy atom. The van der Waals surface area contributed by atoms with E-state index in [1.165, 1.54) is 11.3 Å². The van der Waals surface area contributed by atoms with Gasteiger partial charge in [0.15, 0.2) is 0 Å². The van der Waals surface area contributed by atoms with E-state index in [0.29, 0.717) is 24.1 Å². The van der Waals surface area contributed by atoms with Crippen molar-refractivity contribution in [3.63, 3.8) is 0 Å². The van der Waals surface area contributed by atoms with Crippen LogP contribution in [0.5, 0.6) is 0 Å². The van der Waals surface area contributed by atoms with Gasteiger partial charge in [0, 0.05) is 56.6 Å². The molecule has 1 fully saturated rings. The fourth-order valence-electron chi connectivity index (χ4n) is 4.40. The lowest BCUT2D eigenvalue weighted by atomic mass is 10.1. The Balaban J connectivity index is 1.23. The fourth-order valence-corrected chi connectivity index (χ4v) is 4.40. The third-order valence-corrected chi connectivity index (χ3v) is 6.46. The number of aromatic nitrogens is 5. The first-order valence-corrected chi connectivity index (χ1v) is 11.3. The van der Waals surface area contributed by atoms with Gasteiger partial charge in [-0.3, -0.25) is 14.5 Å². The molecule has 3 aromatic heterocycles. The van der Waals surface area contributed by atoms with E-state index in [-0.39, 0.29) is 0 Å².